The van der Waals surface area contributed by atoms with Crippen molar-refractivity contribution in [1.82, 2.24) is 0 Å². The maximum Gasteiger partial charge on any atom is 0.0544 e. The fraction of sp³-hybridized carbons (Fsp3) is 0.905. The van der Waals surface area contributed by atoms with E-state index in [1.165, 1.54) is 12.0 Å². The Hall–Kier alpha value is -0.420. The maximum atomic E-state index is 10.1. The lowest BCUT2D eigenvalue weighted by atomic mass is 9.49. The predicted octanol–water partition coefficient (Wildman–Crippen LogP) is 2.43. The molecule has 3 saturated carbocycles. The molecule has 4 nitrogen and oxygen atoms in total. The van der Waals surface area contributed by atoms with Crippen molar-refractivity contribution in [2.24, 2.45) is 46.0 Å². The molecule has 8 atom stereocenters. The van der Waals surface area contributed by atoms with Crippen molar-refractivity contribution < 1.29 is 10.2 Å². The third-order valence-electron chi connectivity index (χ3n) is 8.55. The maximum absolute atomic E-state index is 10.1. The van der Waals surface area contributed by atoms with Crippen LogP contribution in [0.3, 0.4) is 0 Å². The Bertz CT molecular complexity index is 522. The molecular weight excluding hydrogens is 312 g/mol. The standard InChI is InChI=1S/C21H38N2O2/c1-4-16-19(23)10-18-15(11-22)17(6-8-21(16,18)3)20(2)7-5-14(25)9-13(20)12-24/h4,13-15,17-19,24-25H,5-12,22-23H2,1-3H3/t13-,14+,15-,17?,18?,19?,20+,21-/m1/s1. The summed E-state index contributed by atoms with van der Waals surface area (Å²) in [6, 6.07) is 0.169. The van der Waals surface area contributed by atoms with E-state index in [9.17, 15) is 10.2 Å². The van der Waals surface area contributed by atoms with Gasteiger partial charge in [0.1, 0.15) is 0 Å². The van der Waals surface area contributed by atoms with E-state index in [0.717, 1.165) is 32.1 Å². The van der Waals surface area contributed by atoms with Crippen molar-refractivity contribution in [3.63, 3.8) is 0 Å². The molecule has 3 aliphatic carbocycles. The number of allylic oxidation sites excluding steroid dienone is 1. The van der Waals surface area contributed by atoms with Crippen LogP contribution in [0, 0.1) is 34.5 Å². The molecule has 4 heteroatoms. The molecule has 0 radical (unpaired) electrons. The van der Waals surface area contributed by atoms with Gasteiger partial charge in [0.25, 0.3) is 0 Å². The van der Waals surface area contributed by atoms with E-state index in [1.807, 2.05) is 0 Å². The summed E-state index contributed by atoms with van der Waals surface area (Å²) in [5.74, 6) is 1.69. The molecule has 3 rings (SSSR count). The second kappa shape index (κ2) is 6.95. The molecule has 0 spiro atoms. The number of aliphatic hydroxyl groups excluding tert-OH is 2. The van der Waals surface area contributed by atoms with Gasteiger partial charge in [-0.2, -0.15) is 0 Å². The summed E-state index contributed by atoms with van der Waals surface area (Å²) < 4.78 is 0. The molecule has 25 heavy (non-hydrogen) atoms. The summed E-state index contributed by atoms with van der Waals surface area (Å²) in [7, 11) is 0. The molecule has 0 saturated heterocycles. The van der Waals surface area contributed by atoms with Gasteiger partial charge >= 0.3 is 0 Å². The van der Waals surface area contributed by atoms with Crippen LogP contribution in [0.15, 0.2) is 11.6 Å². The van der Waals surface area contributed by atoms with Gasteiger partial charge in [0.2, 0.25) is 0 Å². The summed E-state index contributed by atoms with van der Waals surface area (Å²) in [4.78, 5) is 0. The minimum Gasteiger partial charge on any atom is -0.396 e. The SMILES string of the molecule is CC=C1C(N)CC2[C@H](CN)C([C@@]3(C)CC[C@H](O)C[C@@H]3CO)CC[C@]12C. The smallest absolute Gasteiger partial charge is 0.0544 e. The average molecular weight is 351 g/mol. The van der Waals surface area contributed by atoms with Crippen LogP contribution in [-0.4, -0.2) is 35.5 Å². The molecule has 3 aliphatic rings. The lowest BCUT2D eigenvalue weighted by molar-refractivity contribution is -0.0917. The van der Waals surface area contributed by atoms with Crippen molar-refractivity contribution in [2.75, 3.05) is 13.2 Å². The van der Waals surface area contributed by atoms with Gasteiger partial charge in [-0.1, -0.05) is 25.5 Å². The van der Waals surface area contributed by atoms with Gasteiger partial charge in [0.05, 0.1) is 6.10 Å². The lowest BCUT2D eigenvalue weighted by Gasteiger charge is -2.56. The van der Waals surface area contributed by atoms with Crippen molar-refractivity contribution in [2.45, 2.75) is 71.4 Å². The quantitative estimate of drug-likeness (QED) is 0.588. The van der Waals surface area contributed by atoms with Crippen LogP contribution in [0.1, 0.15) is 59.3 Å². The average Bonchev–Trinajstić information content (AvgIpc) is 2.85. The Morgan fingerprint density at radius 1 is 1.16 bits per heavy atom. The Balaban J connectivity index is 1.92. The number of hydrogen-bond acceptors (Lipinski definition) is 4. The molecule has 3 unspecified atom stereocenters. The first-order valence-corrected chi connectivity index (χ1v) is 10.2. The first kappa shape index (κ1) is 19.3. The first-order chi connectivity index (χ1) is 11.8. The third kappa shape index (κ3) is 2.90. The molecule has 0 bridgehead atoms. The summed E-state index contributed by atoms with van der Waals surface area (Å²) in [6.07, 6.45) is 7.91. The van der Waals surface area contributed by atoms with Gasteiger partial charge in [-0.3, -0.25) is 0 Å². The summed E-state index contributed by atoms with van der Waals surface area (Å²) in [5.41, 5.74) is 14.5. The van der Waals surface area contributed by atoms with E-state index in [4.69, 9.17) is 11.5 Å². The molecule has 0 amide bonds. The molecule has 0 aromatic carbocycles. The van der Waals surface area contributed by atoms with Crippen molar-refractivity contribution in [3.05, 3.63) is 11.6 Å². The highest BCUT2D eigenvalue weighted by atomic mass is 16.3. The van der Waals surface area contributed by atoms with Gasteiger partial charge < -0.3 is 21.7 Å². The highest BCUT2D eigenvalue weighted by molar-refractivity contribution is 5.28. The largest absolute Gasteiger partial charge is 0.396 e. The second-order valence-corrected chi connectivity index (χ2v) is 9.47. The van der Waals surface area contributed by atoms with Crippen molar-refractivity contribution in [1.29, 1.82) is 0 Å². The molecule has 6 N–H and O–H groups in total. The van der Waals surface area contributed by atoms with Crippen LogP contribution < -0.4 is 11.5 Å². The zero-order valence-corrected chi connectivity index (χ0v) is 16.2. The van der Waals surface area contributed by atoms with Gasteiger partial charge in [0.15, 0.2) is 0 Å². The number of aliphatic hydroxyl groups is 2. The Kier molecular flexibility index (Phi) is 5.38. The molecular formula is C21H38N2O2. The van der Waals surface area contributed by atoms with Crippen LogP contribution in [0.2, 0.25) is 0 Å². The number of fused-ring (bicyclic) bond motifs is 1. The van der Waals surface area contributed by atoms with E-state index in [2.05, 4.69) is 26.8 Å². The van der Waals surface area contributed by atoms with Gasteiger partial charge in [0, 0.05) is 12.6 Å². The highest BCUT2D eigenvalue weighted by Crippen LogP contribution is 2.63. The van der Waals surface area contributed by atoms with E-state index < -0.39 is 0 Å². The number of hydrogen-bond donors (Lipinski definition) is 4. The molecule has 144 valence electrons. The van der Waals surface area contributed by atoms with Crippen LogP contribution in [0.5, 0.6) is 0 Å². The van der Waals surface area contributed by atoms with Gasteiger partial charge in [-0.15, -0.1) is 0 Å². The van der Waals surface area contributed by atoms with Crippen molar-refractivity contribution in [3.8, 4) is 0 Å². The minimum absolute atomic E-state index is 0.0716. The summed E-state index contributed by atoms with van der Waals surface area (Å²) in [6.45, 7) is 7.74. The highest BCUT2D eigenvalue weighted by Gasteiger charge is 2.58. The number of nitrogens with two attached hydrogens (primary N) is 2. The Labute approximate surface area is 153 Å². The monoisotopic (exact) mass is 350 g/mol. The van der Waals surface area contributed by atoms with Gasteiger partial charge in [-0.05, 0) is 86.5 Å². The predicted molar refractivity (Wildman–Crippen MR) is 102 cm³/mol. The molecule has 0 aromatic heterocycles. The first-order valence-electron chi connectivity index (χ1n) is 10.2. The van der Waals surface area contributed by atoms with E-state index in [-0.39, 0.29) is 35.5 Å². The molecule has 0 aromatic rings. The normalized spacial score (nSPS) is 52.4. The zero-order chi connectivity index (χ0) is 18.4. The van der Waals surface area contributed by atoms with Crippen LogP contribution in [0.4, 0.5) is 0 Å². The molecule has 0 heterocycles. The fourth-order valence-corrected chi connectivity index (χ4v) is 7.08. The minimum atomic E-state index is -0.259. The Morgan fingerprint density at radius 3 is 2.48 bits per heavy atom. The third-order valence-corrected chi connectivity index (χ3v) is 8.55. The summed E-state index contributed by atoms with van der Waals surface area (Å²) in [5, 5.41) is 20.1. The number of rotatable bonds is 3. The lowest BCUT2D eigenvalue weighted by Crippen LogP contribution is -2.52. The van der Waals surface area contributed by atoms with E-state index in [1.54, 1.807) is 0 Å². The van der Waals surface area contributed by atoms with Gasteiger partial charge in [-0.25, -0.2) is 0 Å². The van der Waals surface area contributed by atoms with Crippen LogP contribution in [0.25, 0.3) is 0 Å². The fourth-order valence-electron chi connectivity index (χ4n) is 7.08. The van der Waals surface area contributed by atoms with Crippen LogP contribution in [-0.2, 0) is 0 Å². The Morgan fingerprint density at radius 2 is 1.88 bits per heavy atom. The zero-order valence-electron chi connectivity index (χ0n) is 16.2. The van der Waals surface area contributed by atoms with E-state index in [0.29, 0.717) is 24.3 Å². The topological polar surface area (TPSA) is 92.5 Å². The second-order valence-electron chi connectivity index (χ2n) is 9.47. The summed E-state index contributed by atoms with van der Waals surface area (Å²) >= 11 is 0. The van der Waals surface area contributed by atoms with Crippen molar-refractivity contribution >= 4 is 0 Å². The van der Waals surface area contributed by atoms with Crippen LogP contribution >= 0.6 is 0 Å². The molecule has 3 fully saturated rings. The molecule has 0 aliphatic heterocycles. The van der Waals surface area contributed by atoms with E-state index >= 15 is 0 Å².